The average Bonchev–Trinajstić information content (AvgIpc) is 3.30. The molecule has 0 spiro atoms. The first kappa shape index (κ1) is 22.1. The van der Waals surface area contributed by atoms with E-state index in [2.05, 4.69) is 55.1 Å². The summed E-state index contributed by atoms with van der Waals surface area (Å²) in [5.74, 6) is 1.89. The molecule has 2 aromatic rings. The Morgan fingerprint density at radius 3 is 2.96 bits per heavy atom. The molecule has 0 radical (unpaired) electrons. The van der Waals surface area contributed by atoms with Crippen LogP contribution in [0.5, 0.6) is 0 Å². The van der Waals surface area contributed by atoms with Gasteiger partial charge in [0.15, 0.2) is 11.8 Å². The second kappa shape index (κ2) is 10.9. The maximum Gasteiger partial charge on any atom is 0.223 e. The van der Waals surface area contributed by atoms with Crippen LogP contribution in [-0.2, 0) is 11.3 Å². The molecule has 27 heavy (non-hydrogen) atoms. The van der Waals surface area contributed by atoms with Gasteiger partial charge in [0.25, 0.3) is 0 Å². The van der Waals surface area contributed by atoms with Crippen LogP contribution in [0, 0.1) is 6.92 Å². The van der Waals surface area contributed by atoms with Crippen LogP contribution in [0.2, 0.25) is 0 Å². The summed E-state index contributed by atoms with van der Waals surface area (Å²) in [6.45, 7) is 7.76. The van der Waals surface area contributed by atoms with Crippen molar-refractivity contribution in [3.63, 3.8) is 0 Å². The number of rotatable bonds is 6. The van der Waals surface area contributed by atoms with Crippen LogP contribution in [0.1, 0.15) is 29.6 Å². The molecule has 0 bridgehead atoms. The second-order valence-corrected chi connectivity index (χ2v) is 7.22. The number of guanidine groups is 1. The molecule has 3 rings (SSSR count). The van der Waals surface area contributed by atoms with E-state index in [0.29, 0.717) is 18.3 Å². The number of morpholine rings is 1. The Kier molecular flexibility index (Phi) is 8.93. The van der Waals surface area contributed by atoms with E-state index < -0.39 is 0 Å². The van der Waals surface area contributed by atoms with E-state index in [4.69, 9.17) is 9.26 Å². The Morgan fingerprint density at radius 2 is 2.33 bits per heavy atom. The molecule has 150 valence electrons. The number of nitrogens with zero attached hydrogens (tertiary/aromatic N) is 4. The minimum Gasteiger partial charge on any atom is -0.376 e. The van der Waals surface area contributed by atoms with E-state index in [1.165, 1.54) is 4.88 Å². The fraction of sp³-hybridized carbons (Fsp3) is 0.588. The lowest BCUT2D eigenvalue weighted by molar-refractivity contribution is -0.0334. The topological polar surface area (TPSA) is 87.8 Å². The maximum atomic E-state index is 5.69. The van der Waals surface area contributed by atoms with Gasteiger partial charge in [0, 0.05) is 38.5 Å². The lowest BCUT2D eigenvalue weighted by Gasteiger charge is -2.37. The summed E-state index contributed by atoms with van der Waals surface area (Å²) in [5, 5.41) is 12.7. The zero-order valence-corrected chi connectivity index (χ0v) is 19.0. The van der Waals surface area contributed by atoms with Gasteiger partial charge in [0.2, 0.25) is 5.89 Å². The molecule has 0 amide bonds. The largest absolute Gasteiger partial charge is 0.376 e. The first-order valence-electron chi connectivity index (χ1n) is 8.78. The second-order valence-electron chi connectivity index (χ2n) is 6.24. The number of aromatic nitrogens is 2. The first-order valence-corrected chi connectivity index (χ1v) is 9.66. The van der Waals surface area contributed by atoms with Gasteiger partial charge < -0.3 is 19.9 Å². The summed E-state index contributed by atoms with van der Waals surface area (Å²) in [6.07, 6.45) is 0.255. The molecule has 10 heteroatoms. The van der Waals surface area contributed by atoms with Crippen LogP contribution < -0.4 is 10.6 Å². The lowest BCUT2D eigenvalue weighted by Crippen LogP contribution is -2.48. The lowest BCUT2D eigenvalue weighted by atomic mass is 10.1. The zero-order valence-electron chi connectivity index (χ0n) is 15.8. The van der Waals surface area contributed by atoms with Crippen LogP contribution in [0.4, 0.5) is 0 Å². The van der Waals surface area contributed by atoms with Crippen molar-refractivity contribution in [3.05, 3.63) is 34.1 Å². The highest BCUT2D eigenvalue weighted by atomic mass is 127. The molecule has 8 nitrogen and oxygen atoms in total. The third-order valence-electron chi connectivity index (χ3n) is 4.25. The summed E-state index contributed by atoms with van der Waals surface area (Å²) in [5.41, 5.74) is 0. The number of thiophene rings is 1. The van der Waals surface area contributed by atoms with Crippen LogP contribution >= 0.6 is 35.3 Å². The third-order valence-corrected chi connectivity index (χ3v) is 5.23. The summed E-state index contributed by atoms with van der Waals surface area (Å²) in [7, 11) is 1.76. The van der Waals surface area contributed by atoms with Gasteiger partial charge in [-0.2, -0.15) is 4.98 Å². The molecule has 1 fully saturated rings. The Balaban J connectivity index is 0.00000261. The highest BCUT2D eigenvalue weighted by molar-refractivity contribution is 14.0. The predicted molar refractivity (Wildman–Crippen MR) is 117 cm³/mol. The van der Waals surface area contributed by atoms with E-state index in [9.17, 15) is 0 Å². The molecule has 2 N–H and O–H groups in total. The molecule has 1 aliphatic heterocycles. The number of hydrogen-bond donors (Lipinski definition) is 2. The summed E-state index contributed by atoms with van der Waals surface area (Å²) < 4.78 is 10.7. The van der Waals surface area contributed by atoms with E-state index in [1.807, 2.05) is 0 Å². The zero-order chi connectivity index (χ0) is 18.4. The molecule has 2 atom stereocenters. The Hall–Kier alpha value is -1.24. The minimum absolute atomic E-state index is 0. The van der Waals surface area contributed by atoms with Crippen LogP contribution in [0.25, 0.3) is 0 Å². The van der Waals surface area contributed by atoms with Crippen molar-refractivity contribution in [2.24, 2.45) is 4.99 Å². The van der Waals surface area contributed by atoms with Crippen molar-refractivity contribution in [1.82, 2.24) is 25.7 Å². The summed E-state index contributed by atoms with van der Waals surface area (Å²) in [6, 6.07) is 4.57. The number of hydrogen-bond acceptors (Lipinski definition) is 7. The van der Waals surface area contributed by atoms with Gasteiger partial charge in [-0.05, 0) is 18.4 Å². The first-order chi connectivity index (χ1) is 12.7. The quantitative estimate of drug-likeness (QED) is 0.353. The van der Waals surface area contributed by atoms with Crippen molar-refractivity contribution in [3.8, 4) is 0 Å². The third kappa shape index (κ3) is 6.40. The Bertz CT molecular complexity index is 708. The normalized spacial score (nSPS) is 19.4. The van der Waals surface area contributed by atoms with Gasteiger partial charge in [-0.25, -0.2) is 0 Å². The van der Waals surface area contributed by atoms with Crippen LogP contribution in [0.15, 0.2) is 27.0 Å². The highest BCUT2D eigenvalue weighted by Crippen LogP contribution is 2.26. The fourth-order valence-corrected chi connectivity index (χ4v) is 3.87. The number of aryl methyl sites for hydroxylation is 1. The van der Waals surface area contributed by atoms with E-state index in [0.717, 1.165) is 32.2 Å². The number of aliphatic imine (C=N–C) groups is 1. The standard InChI is InChI=1S/C17H26N6O2S.HI/c1-12-11-23(6-7-24-12)14(15-5-4-8-26-15)9-19-17(18-3)20-10-16-21-13(2)25-22-16;/h4-5,8,12,14H,6-7,9-11H2,1-3H3,(H2,18,19,20);1H. The van der Waals surface area contributed by atoms with Gasteiger partial charge in [0.1, 0.15) is 0 Å². The summed E-state index contributed by atoms with van der Waals surface area (Å²) >= 11 is 1.78. The van der Waals surface area contributed by atoms with Gasteiger partial charge in [-0.15, -0.1) is 35.3 Å². The molecule has 1 aliphatic rings. The molecule has 0 aliphatic carbocycles. The highest BCUT2D eigenvalue weighted by Gasteiger charge is 2.26. The Labute approximate surface area is 180 Å². The predicted octanol–water partition coefficient (Wildman–Crippen LogP) is 2.18. The Morgan fingerprint density at radius 1 is 1.48 bits per heavy atom. The average molecular weight is 506 g/mol. The SMILES string of the molecule is CN=C(NCc1noc(C)n1)NCC(c1cccs1)N1CCOC(C)C1.I. The van der Waals surface area contributed by atoms with Crippen LogP contribution in [-0.4, -0.2) is 60.4 Å². The molecule has 0 saturated carbocycles. The molecule has 2 unspecified atom stereocenters. The van der Waals surface area contributed by atoms with Gasteiger partial charge in [-0.1, -0.05) is 11.2 Å². The van der Waals surface area contributed by atoms with Gasteiger partial charge in [0.05, 0.1) is 25.3 Å². The van der Waals surface area contributed by atoms with Crippen molar-refractivity contribution < 1.29 is 9.26 Å². The van der Waals surface area contributed by atoms with Crippen molar-refractivity contribution in [1.29, 1.82) is 0 Å². The van der Waals surface area contributed by atoms with E-state index >= 15 is 0 Å². The number of halogens is 1. The van der Waals surface area contributed by atoms with Crippen molar-refractivity contribution in [2.45, 2.75) is 32.5 Å². The summed E-state index contributed by atoms with van der Waals surface area (Å²) in [4.78, 5) is 12.3. The molecule has 2 aromatic heterocycles. The smallest absolute Gasteiger partial charge is 0.223 e. The molecule has 3 heterocycles. The molecular formula is C17H27IN6O2S. The molecular weight excluding hydrogens is 479 g/mol. The molecule has 0 aromatic carbocycles. The van der Waals surface area contributed by atoms with E-state index in [-0.39, 0.29) is 36.1 Å². The van der Waals surface area contributed by atoms with Crippen molar-refractivity contribution >= 4 is 41.3 Å². The molecule has 1 saturated heterocycles. The van der Waals surface area contributed by atoms with Crippen molar-refractivity contribution in [2.75, 3.05) is 33.3 Å². The minimum atomic E-state index is 0. The monoisotopic (exact) mass is 506 g/mol. The van der Waals surface area contributed by atoms with Crippen LogP contribution in [0.3, 0.4) is 0 Å². The number of ether oxygens (including phenoxy) is 1. The number of nitrogens with one attached hydrogen (secondary N) is 2. The maximum absolute atomic E-state index is 5.69. The van der Waals surface area contributed by atoms with E-state index in [1.54, 1.807) is 25.3 Å². The van der Waals surface area contributed by atoms with Gasteiger partial charge >= 0.3 is 0 Å². The fourth-order valence-electron chi connectivity index (χ4n) is 3.01. The van der Waals surface area contributed by atoms with Gasteiger partial charge in [-0.3, -0.25) is 9.89 Å².